The molecule has 0 aromatic carbocycles. The van der Waals surface area contributed by atoms with Crippen LogP contribution in [0.5, 0.6) is 0 Å². The first-order valence-electron chi connectivity index (χ1n) is 18.2. The van der Waals surface area contributed by atoms with Crippen LogP contribution in [0.3, 0.4) is 0 Å². The maximum Gasteiger partial charge on any atom is 0.275 e. The van der Waals surface area contributed by atoms with Crippen LogP contribution in [-0.2, 0) is 14.3 Å². The average molecular weight is 712 g/mol. The summed E-state index contributed by atoms with van der Waals surface area (Å²) in [5.41, 5.74) is 8.01. The van der Waals surface area contributed by atoms with Crippen molar-refractivity contribution in [1.82, 2.24) is 15.8 Å². The molecule has 1 spiro atoms. The summed E-state index contributed by atoms with van der Waals surface area (Å²) in [4.78, 5) is 34.3. The number of hydrogen-bond acceptors (Lipinski definition) is 7. The van der Waals surface area contributed by atoms with Crippen LogP contribution in [0.2, 0.25) is 0 Å². The van der Waals surface area contributed by atoms with Gasteiger partial charge >= 0.3 is 0 Å². The normalized spacial score (nSPS) is 21.2. The Morgan fingerprint density at radius 3 is 2.27 bits per heavy atom. The topological polar surface area (TPSA) is 147 Å². The molecule has 10 nitrogen and oxygen atoms in total. The number of ether oxygens (including phenoxy) is 1. The average Bonchev–Trinajstić information content (AvgIpc) is 3.33. The smallest absolute Gasteiger partial charge is 0.275 e. The quantitative estimate of drug-likeness (QED) is 0.0261. The molecule has 0 radical (unpaired) electrons. The largest absolute Gasteiger partial charge is 0.499 e. The van der Waals surface area contributed by atoms with E-state index in [0.29, 0.717) is 25.2 Å². The number of amides is 2. The second kappa shape index (κ2) is 20.2. The van der Waals surface area contributed by atoms with Crippen molar-refractivity contribution < 1.29 is 18.7 Å². The molecule has 2 amide bonds. The summed E-state index contributed by atoms with van der Waals surface area (Å²) in [6, 6.07) is -0.408. The number of nitrogens with one attached hydrogen (secondary N) is 2. The first-order chi connectivity index (χ1) is 23.8. The van der Waals surface area contributed by atoms with Gasteiger partial charge in [-0.3, -0.25) is 14.6 Å². The third kappa shape index (κ3) is 13.6. The Hall–Kier alpha value is -3.99. The van der Waals surface area contributed by atoms with Crippen molar-refractivity contribution in [3.63, 3.8) is 0 Å². The number of carbonyl (C=O) groups excluding carboxylic acids is 2. The fraction of sp³-hybridized carbons (Fsp3) is 0.600. The highest BCUT2D eigenvalue weighted by Gasteiger charge is 2.53. The Balaban J connectivity index is 0.00000638. The summed E-state index contributed by atoms with van der Waals surface area (Å²) in [5.74, 6) is 4.28. The molecule has 1 saturated carbocycles. The van der Waals surface area contributed by atoms with Crippen molar-refractivity contribution in [3.8, 4) is 0 Å². The predicted molar refractivity (Wildman–Crippen MR) is 210 cm³/mol. The van der Waals surface area contributed by atoms with Crippen molar-refractivity contribution in [1.29, 1.82) is 0 Å². The molecule has 2 aliphatic rings. The second-order valence-electron chi connectivity index (χ2n) is 15.4. The van der Waals surface area contributed by atoms with Gasteiger partial charge in [0, 0.05) is 11.1 Å². The van der Waals surface area contributed by atoms with Gasteiger partial charge in [0.1, 0.15) is 23.0 Å². The molecular weight excluding hydrogens is 645 g/mol. The van der Waals surface area contributed by atoms with E-state index < -0.39 is 23.4 Å². The molecule has 0 bridgehead atoms. The summed E-state index contributed by atoms with van der Waals surface area (Å²) in [6.07, 6.45) is 13.9. The van der Waals surface area contributed by atoms with Crippen LogP contribution in [-0.4, -0.2) is 52.6 Å². The molecule has 0 aromatic rings. The molecule has 0 aromatic heterocycles. The zero-order valence-electron chi connectivity index (χ0n) is 33.2. The van der Waals surface area contributed by atoms with Crippen molar-refractivity contribution in [2.24, 2.45) is 38.4 Å². The number of amidine groups is 1. The van der Waals surface area contributed by atoms with E-state index in [2.05, 4.69) is 70.7 Å². The molecule has 1 fully saturated rings. The molecule has 1 heterocycles. The summed E-state index contributed by atoms with van der Waals surface area (Å²) < 4.78 is 20.9. The minimum atomic E-state index is -0.860. The first kappa shape index (κ1) is 45.0. The zero-order valence-corrected chi connectivity index (χ0v) is 33.2. The van der Waals surface area contributed by atoms with Gasteiger partial charge in [-0.2, -0.15) is 5.10 Å². The molecule has 1 atom stereocenters. The Morgan fingerprint density at radius 2 is 1.76 bits per heavy atom. The second-order valence-corrected chi connectivity index (χ2v) is 15.4. The van der Waals surface area contributed by atoms with Gasteiger partial charge in [0.15, 0.2) is 0 Å². The standard InChI is InChI=1S/C38H60FN7O3.C2H6/c1-12-28(16-15-26(4)34(47)42-24-32(40)44-45-41)31(19-20-36(6,7)8)46-35(48)33(27(5)30(39)14-13-23-49-25(2)3)43-38(46)21-17-29(18-22-38)37(9,10)11;1-2/h12-16,23,25,29,31,45H,4-5,17-22,24,41H2,1-3,6-11H3,(H2,40,44)(H,42,47);1-2H3/b16-15-,23-13+,28-12+,30-14+;. The van der Waals surface area contributed by atoms with E-state index in [0.717, 1.165) is 24.8 Å². The van der Waals surface area contributed by atoms with Gasteiger partial charge in [0.25, 0.3) is 11.8 Å². The molecule has 1 unspecified atom stereocenters. The molecule has 286 valence electrons. The Labute approximate surface area is 307 Å². The molecular formula is C40H66FN7O3. The third-order valence-corrected chi connectivity index (χ3v) is 9.05. The van der Waals surface area contributed by atoms with Gasteiger partial charge < -0.3 is 20.7 Å². The van der Waals surface area contributed by atoms with Crippen LogP contribution in [0.25, 0.3) is 0 Å². The Kier molecular flexibility index (Phi) is 17.8. The first-order valence-corrected chi connectivity index (χ1v) is 18.2. The van der Waals surface area contributed by atoms with E-state index in [1.54, 1.807) is 6.08 Å². The molecule has 6 N–H and O–H groups in total. The van der Waals surface area contributed by atoms with E-state index in [-0.39, 0.29) is 52.1 Å². The molecule has 1 aliphatic heterocycles. The maximum atomic E-state index is 15.5. The van der Waals surface area contributed by atoms with Crippen molar-refractivity contribution in [3.05, 3.63) is 72.3 Å². The number of nitrogens with zero attached hydrogens (tertiary/aromatic N) is 3. The van der Waals surface area contributed by atoms with E-state index in [4.69, 9.17) is 21.3 Å². The van der Waals surface area contributed by atoms with Gasteiger partial charge in [-0.15, -0.1) is 0 Å². The highest BCUT2D eigenvalue weighted by atomic mass is 19.1. The fourth-order valence-corrected chi connectivity index (χ4v) is 6.17. The fourth-order valence-electron chi connectivity index (χ4n) is 6.17. The van der Waals surface area contributed by atoms with Gasteiger partial charge in [-0.1, -0.05) is 80.7 Å². The van der Waals surface area contributed by atoms with Gasteiger partial charge in [0.2, 0.25) is 0 Å². The highest BCUT2D eigenvalue weighted by Crippen LogP contribution is 2.49. The lowest BCUT2D eigenvalue weighted by atomic mass is 9.69. The predicted octanol–water partition coefficient (Wildman–Crippen LogP) is 7.68. The summed E-state index contributed by atoms with van der Waals surface area (Å²) >= 11 is 0. The summed E-state index contributed by atoms with van der Waals surface area (Å²) in [7, 11) is 0. The third-order valence-electron chi connectivity index (χ3n) is 9.05. The number of allylic oxidation sites excluding steroid dienone is 4. The monoisotopic (exact) mass is 712 g/mol. The van der Waals surface area contributed by atoms with Crippen LogP contribution >= 0.6 is 0 Å². The van der Waals surface area contributed by atoms with Crippen LogP contribution in [0.4, 0.5) is 4.39 Å². The minimum absolute atomic E-state index is 0.0174. The number of aliphatic imine (C=N–C) groups is 1. The number of rotatable bonds is 15. The zero-order chi connectivity index (χ0) is 39.2. The number of hydrazone groups is 1. The highest BCUT2D eigenvalue weighted by molar-refractivity contribution is 6.47. The Bertz CT molecular complexity index is 1400. The lowest BCUT2D eigenvalue weighted by molar-refractivity contribution is -0.132. The SMILES string of the molecule is C=C(/C=C\C(=C/C)C(CCC(C)(C)C)N1C(=O)C(C(=C)/C(F)=C\C=C\OC(C)C)=NC12CCC(C(C)(C)C)CC2)C(=O)NC/C(N)=N/NN.CC. The van der Waals surface area contributed by atoms with E-state index in [1.807, 2.05) is 51.7 Å². The number of hydrogen-bond donors (Lipinski definition) is 4. The van der Waals surface area contributed by atoms with Gasteiger partial charge in [-0.05, 0) is 99.8 Å². The van der Waals surface area contributed by atoms with E-state index in [1.165, 1.54) is 18.4 Å². The van der Waals surface area contributed by atoms with Gasteiger partial charge in [0.05, 0.1) is 25.0 Å². The summed E-state index contributed by atoms with van der Waals surface area (Å²) in [5, 5.41) is 6.29. The maximum absolute atomic E-state index is 15.5. The molecule has 2 rings (SSSR count). The van der Waals surface area contributed by atoms with Crippen molar-refractivity contribution in [2.45, 2.75) is 132 Å². The minimum Gasteiger partial charge on any atom is -0.499 e. The number of hydrazine groups is 1. The molecule has 51 heavy (non-hydrogen) atoms. The molecule has 1 aliphatic carbocycles. The van der Waals surface area contributed by atoms with Crippen LogP contribution in [0, 0.1) is 16.7 Å². The van der Waals surface area contributed by atoms with E-state index in [9.17, 15) is 9.59 Å². The lowest BCUT2D eigenvalue weighted by Crippen LogP contribution is -2.55. The summed E-state index contributed by atoms with van der Waals surface area (Å²) in [6.45, 7) is 30.8. The lowest BCUT2D eigenvalue weighted by Gasteiger charge is -2.48. The number of carbonyl (C=O) groups is 2. The Morgan fingerprint density at radius 1 is 1.16 bits per heavy atom. The van der Waals surface area contributed by atoms with Crippen LogP contribution in [0.1, 0.15) is 115 Å². The van der Waals surface area contributed by atoms with Crippen molar-refractivity contribution in [2.75, 3.05) is 6.54 Å². The van der Waals surface area contributed by atoms with E-state index >= 15 is 4.39 Å². The molecule has 11 heteroatoms. The van der Waals surface area contributed by atoms with Crippen molar-refractivity contribution >= 4 is 23.4 Å². The van der Waals surface area contributed by atoms with Gasteiger partial charge in [-0.25, -0.2) is 15.8 Å². The number of halogens is 1. The van der Waals surface area contributed by atoms with Crippen LogP contribution in [0.15, 0.2) is 82.4 Å². The molecule has 0 saturated heterocycles. The van der Waals surface area contributed by atoms with Crippen LogP contribution < -0.4 is 22.4 Å². The number of nitrogens with two attached hydrogens (primary N) is 2.